The number of aryl methyl sites for hydroxylation is 1. The van der Waals surface area contributed by atoms with Gasteiger partial charge in [-0.25, -0.2) is 4.79 Å². The fourth-order valence-electron chi connectivity index (χ4n) is 3.16. The zero-order chi connectivity index (χ0) is 20.6. The van der Waals surface area contributed by atoms with E-state index in [-0.39, 0.29) is 11.1 Å². The van der Waals surface area contributed by atoms with E-state index in [0.717, 1.165) is 10.8 Å². The number of rotatable bonds is 5. The quantitative estimate of drug-likeness (QED) is 0.639. The lowest BCUT2D eigenvalue weighted by Crippen LogP contribution is -2.46. The van der Waals surface area contributed by atoms with Crippen molar-refractivity contribution < 1.29 is 28.8 Å². The van der Waals surface area contributed by atoms with Crippen LogP contribution in [-0.2, 0) is 17.2 Å². The molecule has 1 aromatic heterocycles. The summed E-state index contributed by atoms with van der Waals surface area (Å²) >= 11 is 0. The van der Waals surface area contributed by atoms with Gasteiger partial charge >= 0.3 is 5.69 Å². The number of benzene rings is 1. The van der Waals surface area contributed by atoms with Gasteiger partial charge in [-0.1, -0.05) is 30.3 Å². The van der Waals surface area contributed by atoms with Crippen molar-refractivity contribution in [2.45, 2.75) is 43.9 Å². The second kappa shape index (κ2) is 7.55. The van der Waals surface area contributed by atoms with Crippen LogP contribution in [0.25, 0.3) is 0 Å². The Bertz CT molecular complexity index is 959. The van der Waals surface area contributed by atoms with Crippen molar-refractivity contribution in [2.75, 3.05) is 6.61 Å². The van der Waals surface area contributed by atoms with Gasteiger partial charge in [0.25, 0.3) is 11.5 Å². The fourth-order valence-corrected chi connectivity index (χ4v) is 3.16. The maximum Gasteiger partial charge on any atom is 0.333 e. The van der Waals surface area contributed by atoms with E-state index < -0.39 is 54.9 Å². The van der Waals surface area contributed by atoms with Crippen molar-refractivity contribution in [3.63, 3.8) is 0 Å². The third kappa shape index (κ3) is 3.51. The second-order valence-electron chi connectivity index (χ2n) is 6.69. The molecule has 0 amide bonds. The van der Waals surface area contributed by atoms with Crippen LogP contribution in [0.15, 0.2) is 46.1 Å². The summed E-state index contributed by atoms with van der Waals surface area (Å²) in [4.78, 5) is 25.1. The third-order valence-corrected chi connectivity index (χ3v) is 4.71. The van der Waals surface area contributed by atoms with Crippen LogP contribution in [0.4, 0.5) is 8.78 Å². The molecule has 1 unspecified atom stereocenters. The van der Waals surface area contributed by atoms with Gasteiger partial charge in [0.05, 0.1) is 13.2 Å². The zero-order valence-corrected chi connectivity index (χ0v) is 14.9. The second-order valence-corrected chi connectivity index (χ2v) is 6.69. The molecule has 1 fully saturated rings. The topological polar surface area (TPSA) is 114 Å². The van der Waals surface area contributed by atoms with E-state index in [4.69, 9.17) is 4.74 Å². The SMILES string of the molecule is Cc1cn([C@@H]2O[C@H](CO)[C@H](O)C2O)c(=O)n(CC(F)(F)c2ccccc2)c1=O. The average Bonchev–Trinajstić information content (AvgIpc) is 2.97. The first-order valence-corrected chi connectivity index (χ1v) is 8.55. The van der Waals surface area contributed by atoms with Gasteiger partial charge < -0.3 is 20.1 Å². The van der Waals surface area contributed by atoms with Crippen LogP contribution < -0.4 is 11.2 Å². The van der Waals surface area contributed by atoms with Crippen LogP contribution in [-0.4, -0.2) is 49.4 Å². The molecule has 28 heavy (non-hydrogen) atoms. The van der Waals surface area contributed by atoms with E-state index in [2.05, 4.69) is 0 Å². The number of aliphatic hydroxyl groups is 3. The normalized spacial score (nSPS) is 25.2. The maximum absolute atomic E-state index is 14.6. The Kier molecular flexibility index (Phi) is 5.48. The monoisotopic (exact) mass is 398 g/mol. The number of alkyl halides is 2. The van der Waals surface area contributed by atoms with E-state index >= 15 is 0 Å². The van der Waals surface area contributed by atoms with Gasteiger partial charge in [-0.2, -0.15) is 8.78 Å². The first-order valence-electron chi connectivity index (χ1n) is 8.55. The highest BCUT2D eigenvalue weighted by atomic mass is 19.3. The summed E-state index contributed by atoms with van der Waals surface area (Å²) in [6, 6.07) is 6.77. The number of ether oxygens (including phenoxy) is 1. The van der Waals surface area contributed by atoms with Crippen LogP contribution >= 0.6 is 0 Å². The summed E-state index contributed by atoms with van der Waals surface area (Å²) in [7, 11) is 0. The largest absolute Gasteiger partial charge is 0.394 e. The van der Waals surface area contributed by atoms with Gasteiger partial charge in [-0.3, -0.25) is 13.9 Å². The number of nitrogens with zero attached hydrogens (tertiary/aromatic N) is 2. The fraction of sp³-hybridized carbons (Fsp3) is 0.444. The Hall–Kier alpha value is -2.40. The molecule has 8 nitrogen and oxygen atoms in total. The summed E-state index contributed by atoms with van der Waals surface area (Å²) in [6.45, 7) is -0.490. The Morgan fingerprint density at radius 1 is 1.14 bits per heavy atom. The number of hydrogen-bond donors (Lipinski definition) is 3. The van der Waals surface area contributed by atoms with Crippen molar-refractivity contribution in [1.82, 2.24) is 9.13 Å². The predicted octanol–water partition coefficient (Wildman–Crippen LogP) is -0.278. The Morgan fingerprint density at radius 3 is 2.36 bits per heavy atom. The lowest BCUT2D eigenvalue weighted by atomic mass is 10.1. The molecule has 0 spiro atoms. The lowest BCUT2D eigenvalue weighted by molar-refractivity contribution is -0.0578. The van der Waals surface area contributed by atoms with Crippen molar-refractivity contribution in [2.24, 2.45) is 0 Å². The molecule has 4 atom stereocenters. The van der Waals surface area contributed by atoms with Crippen molar-refractivity contribution >= 4 is 0 Å². The Balaban J connectivity index is 2.04. The molecule has 10 heteroatoms. The molecule has 2 aromatic rings. The molecule has 2 heterocycles. The summed E-state index contributed by atoms with van der Waals surface area (Å²) < 4.78 is 35.7. The van der Waals surface area contributed by atoms with Crippen LogP contribution in [0.3, 0.4) is 0 Å². The van der Waals surface area contributed by atoms with Gasteiger partial charge in [-0.15, -0.1) is 0 Å². The maximum atomic E-state index is 14.6. The van der Waals surface area contributed by atoms with E-state index in [9.17, 15) is 33.7 Å². The highest BCUT2D eigenvalue weighted by molar-refractivity contribution is 5.20. The third-order valence-electron chi connectivity index (χ3n) is 4.71. The van der Waals surface area contributed by atoms with Crippen molar-refractivity contribution in [1.29, 1.82) is 0 Å². The standard InChI is InChI=1S/C18H20F2N2O6/c1-10-7-21(16-14(25)13(24)12(8-23)28-16)17(27)22(15(10)26)9-18(19,20)11-5-3-2-4-6-11/h2-7,12-14,16,23-25H,8-9H2,1H3/t12-,13+,14?,16-/m1/s1. The average molecular weight is 398 g/mol. The van der Waals surface area contributed by atoms with E-state index in [0.29, 0.717) is 4.57 Å². The van der Waals surface area contributed by atoms with Crippen molar-refractivity contribution in [3.05, 3.63) is 68.5 Å². The molecule has 3 rings (SSSR count). The molecule has 0 saturated carbocycles. The minimum absolute atomic E-state index is 0.0267. The number of aliphatic hydroxyl groups excluding tert-OH is 3. The molecule has 1 aliphatic heterocycles. The number of aromatic nitrogens is 2. The Morgan fingerprint density at radius 2 is 1.79 bits per heavy atom. The van der Waals surface area contributed by atoms with Crippen LogP contribution in [0.5, 0.6) is 0 Å². The predicted molar refractivity (Wildman–Crippen MR) is 93.0 cm³/mol. The van der Waals surface area contributed by atoms with E-state index in [1.807, 2.05) is 0 Å². The Labute approximate surface area is 157 Å². The van der Waals surface area contributed by atoms with Crippen LogP contribution in [0.2, 0.25) is 0 Å². The zero-order valence-electron chi connectivity index (χ0n) is 14.9. The molecule has 1 saturated heterocycles. The van der Waals surface area contributed by atoms with Gasteiger partial charge in [0.1, 0.15) is 18.3 Å². The highest BCUT2D eigenvalue weighted by Crippen LogP contribution is 2.30. The molecule has 1 aromatic carbocycles. The van der Waals surface area contributed by atoms with Gasteiger partial charge in [0, 0.05) is 17.3 Å². The van der Waals surface area contributed by atoms with Crippen LogP contribution in [0, 0.1) is 6.92 Å². The van der Waals surface area contributed by atoms with Gasteiger partial charge in [0.15, 0.2) is 6.23 Å². The summed E-state index contributed by atoms with van der Waals surface area (Å²) in [5, 5.41) is 29.2. The summed E-state index contributed by atoms with van der Waals surface area (Å²) in [5.41, 5.74) is -2.41. The first kappa shape index (κ1) is 20.3. The molecule has 1 aliphatic rings. The molecule has 3 N–H and O–H groups in total. The van der Waals surface area contributed by atoms with Gasteiger partial charge in [-0.05, 0) is 6.92 Å². The van der Waals surface area contributed by atoms with E-state index in [1.165, 1.54) is 31.2 Å². The molecule has 0 aliphatic carbocycles. The van der Waals surface area contributed by atoms with Crippen molar-refractivity contribution in [3.8, 4) is 0 Å². The highest BCUT2D eigenvalue weighted by Gasteiger charge is 2.44. The lowest BCUT2D eigenvalue weighted by Gasteiger charge is -2.22. The smallest absolute Gasteiger partial charge is 0.333 e. The molecule has 0 radical (unpaired) electrons. The first-order chi connectivity index (χ1) is 13.2. The molecular weight excluding hydrogens is 378 g/mol. The van der Waals surface area contributed by atoms with E-state index in [1.54, 1.807) is 6.07 Å². The minimum Gasteiger partial charge on any atom is -0.394 e. The molecule has 0 bridgehead atoms. The molecule has 152 valence electrons. The van der Waals surface area contributed by atoms with Crippen LogP contribution in [0.1, 0.15) is 17.4 Å². The summed E-state index contributed by atoms with van der Waals surface area (Å²) in [6.07, 6.45) is -4.58. The molecular formula is C18H20F2N2O6. The van der Waals surface area contributed by atoms with Gasteiger partial charge in [0.2, 0.25) is 0 Å². The number of halogens is 2. The summed E-state index contributed by atoms with van der Waals surface area (Å²) in [5.74, 6) is -3.50. The minimum atomic E-state index is -3.50. The number of hydrogen-bond acceptors (Lipinski definition) is 6.